The van der Waals surface area contributed by atoms with E-state index in [1.165, 1.54) is 25.1 Å². The van der Waals surface area contributed by atoms with Gasteiger partial charge in [-0.3, -0.25) is 20.3 Å². The van der Waals surface area contributed by atoms with Gasteiger partial charge in [0.15, 0.2) is 0 Å². The Morgan fingerprint density at radius 3 is 2.53 bits per heavy atom. The second-order valence-corrected chi connectivity index (χ2v) is 2.89. The normalized spacial score (nSPS) is 9.47. The fourth-order valence-corrected chi connectivity index (χ4v) is 1.16. The number of carbonyl (C=O) groups excluding carboxylic acids is 2. The lowest BCUT2D eigenvalue weighted by Gasteiger charge is -2.11. The van der Waals surface area contributed by atoms with Crippen molar-refractivity contribution in [3.63, 3.8) is 0 Å². The number of para-hydroxylation sites is 1. The average molecular weight is 209 g/mol. The molecule has 0 aromatic heterocycles. The van der Waals surface area contributed by atoms with Crippen LogP contribution in [0.5, 0.6) is 0 Å². The average Bonchev–Trinajstić information content (AvgIpc) is 2.16. The molecule has 0 heterocycles. The van der Waals surface area contributed by atoms with Crippen LogP contribution in [0.3, 0.4) is 0 Å². The van der Waals surface area contributed by atoms with E-state index in [2.05, 4.69) is 5.32 Å². The summed E-state index contributed by atoms with van der Waals surface area (Å²) in [7, 11) is 0. The van der Waals surface area contributed by atoms with E-state index in [4.69, 9.17) is 10.9 Å². The molecule has 0 saturated heterocycles. The third kappa shape index (κ3) is 2.44. The molecule has 0 unspecified atom stereocenters. The van der Waals surface area contributed by atoms with Crippen molar-refractivity contribution < 1.29 is 14.8 Å². The highest BCUT2D eigenvalue weighted by molar-refractivity contribution is 6.05. The maximum atomic E-state index is 11.0. The van der Waals surface area contributed by atoms with E-state index in [-0.39, 0.29) is 22.8 Å². The standard InChI is InChI=1S/C9H11N3O3/c1-5(13)11-8-6(9(10)14)3-2-4-7(8)12-15/h2-4,12,15H,1H3,(H2,10,14)(H,11,13). The summed E-state index contributed by atoms with van der Waals surface area (Å²) in [4.78, 5) is 21.9. The summed E-state index contributed by atoms with van der Waals surface area (Å²) in [5.74, 6) is -1.05. The van der Waals surface area contributed by atoms with Gasteiger partial charge in [-0.1, -0.05) is 6.07 Å². The minimum atomic E-state index is -0.684. The molecular weight excluding hydrogens is 198 g/mol. The maximum absolute atomic E-state index is 11.0. The number of rotatable bonds is 3. The molecule has 0 aliphatic carbocycles. The van der Waals surface area contributed by atoms with Crippen LogP contribution in [-0.2, 0) is 4.79 Å². The quantitative estimate of drug-likeness (QED) is 0.545. The van der Waals surface area contributed by atoms with Gasteiger partial charge in [-0.15, -0.1) is 0 Å². The van der Waals surface area contributed by atoms with Gasteiger partial charge in [0.05, 0.1) is 16.9 Å². The minimum absolute atomic E-state index is 0.129. The van der Waals surface area contributed by atoms with Crippen molar-refractivity contribution in [3.05, 3.63) is 23.8 Å². The zero-order chi connectivity index (χ0) is 11.4. The number of hydrogen-bond donors (Lipinski definition) is 4. The molecule has 0 fully saturated rings. The van der Waals surface area contributed by atoms with Crippen molar-refractivity contribution in [2.75, 3.05) is 10.8 Å². The highest BCUT2D eigenvalue weighted by atomic mass is 16.5. The first-order valence-corrected chi connectivity index (χ1v) is 4.16. The van der Waals surface area contributed by atoms with Crippen molar-refractivity contribution in [1.82, 2.24) is 0 Å². The van der Waals surface area contributed by atoms with Crippen molar-refractivity contribution in [1.29, 1.82) is 0 Å². The molecule has 1 aromatic carbocycles. The highest BCUT2D eigenvalue weighted by Gasteiger charge is 2.12. The van der Waals surface area contributed by atoms with Gasteiger partial charge < -0.3 is 11.1 Å². The Kier molecular flexibility index (Phi) is 3.25. The molecule has 0 saturated carbocycles. The van der Waals surface area contributed by atoms with E-state index in [9.17, 15) is 9.59 Å². The second-order valence-electron chi connectivity index (χ2n) is 2.89. The summed E-state index contributed by atoms with van der Waals surface area (Å²) < 4.78 is 0. The zero-order valence-electron chi connectivity index (χ0n) is 8.07. The van der Waals surface area contributed by atoms with Gasteiger partial charge >= 0.3 is 0 Å². The van der Waals surface area contributed by atoms with Crippen LogP contribution in [0.4, 0.5) is 11.4 Å². The molecule has 0 atom stereocenters. The summed E-state index contributed by atoms with van der Waals surface area (Å²) in [5, 5.41) is 11.2. The Labute approximate surface area is 86.0 Å². The smallest absolute Gasteiger partial charge is 0.250 e. The highest BCUT2D eigenvalue weighted by Crippen LogP contribution is 2.25. The van der Waals surface area contributed by atoms with Gasteiger partial charge in [0.1, 0.15) is 0 Å². The fraction of sp³-hybridized carbons (Fsp3) is 0.111. The largest absolute Gasteiger partial charge is 0.366 e. The first-order chi connectivity index (χ1) is 7.06. The number of amides is 2. The molecule has 15 heavy (non-hydrogen) atoms. The van der Waals surface area contributed by atoms with E-state index in [0.29, 0.717) is 0 Å². The van der Waals surface area contributed by atoms with Crippen LogP contribution in [0.1, 0.15) is 17.3 Å². The van der Waals surface area contributed by atoms with Gasteiger partial charge in [0.25, 0.3) is 5.91 Å². The SMILES string of the molecule is CC(=O)Nc1c(NO)cccc1C(N)=O. The Morgan fingerprint density at radius 2 is 2.07 bits per heavy atom. The van der Waals surface area contributed by atoms with E-state index in [1.54, 1.807) is 0 Å². The Hall–Kier alpha value is -2.08. The molecule has 0 aliphatic heterocycles. The minimum Gasteiger partial charge on any atom is -0.366 e. The van der Waals surface area contributed by atoms with Crippen molar-refractivity contribution >= 4 is 23.2 Å². The van der Waals surface area contributed by atoms with Crippen molar-refractivity contribution in [2.45, 2.75) is 6.92 Å². The van der Waals surface area contributed by atoms with E-state index >= 15 is 0 Å². The predicted molar refractivity (Wildman–Crippen MR) is 54.7 cm³/mol. The molecule has 1 rings (SSSR count). The Balaban J connectivity index is 3.26. The van der Waals surface area contributed by atoms with Gasteiger partial charge in [0, 0.05) is 6.92 Å². The zero-order valence-corrected chi connectivity index (χ0v) is 8.07. The molecular formula is C9H11N3O3. The first-order valence-electron chi connectivity index (χ1n) is 4.16. The lowest BCUT2D eigenvalue weighted by Crippen LogP contribution is -2.17. The summed E-state index contributed by atoms with van der Waals surface area (Å²) in [5.41, 5.74) is 7.49. The molecule has 0 spiro atoms. The van der Waals surface area contributed by atoms with E-state index in [1.807, 2.05) is 5.48 Å². The number of carbonyl (C=O) groups is 2. The van der Waals surface area contributed by atoms with Crippen LogP contribution in [-0.4, -0.2) is 17.0 Å². The molecule has 6 nitrogen and oxygen atoms in total. The Morgan fingerprint density at radius 1 is 1.40 bits per heavy atom. The number of hydrogen-bond acceptors (Lipinski definition) is 4. The lowest BCUT2D eigenvalue weighted by molar-refractivity contribution is -0.114. The molecule has 5 N–H and O–H groups in total. The first kappa shape index (κ1) is 11.0. The van der Waals surface area contributed by atoms with Gasteiger partial charge in [-0.2, -0.15) is 0 Å². The Bertz CT molecular complexity index is 404. The maximum Gasteiger partial charge on any atom is 0.250 e. The summed E-state index contributed by atoms with van der Waals surface area (Å²) in [6.45, 7) is 1.29. The van der Waals surface area contributed by atoms with Gasteiger partial charge in [-0.25, -0.2) is 0 Å². The van der Waals surface area contributed by atoms with E-state index < -0.39 is 5.91 Å². The molecule has 1 aromatic rings. The van der Waals surface area contributed by atoms with Crippen LogP contribution in [0.25, 0.3) is 0 Å². The molecule has 0 bridgehead atoms. The number of benzene rings is 1. The second kappa shape index (κ2) is 4.43. The summed E-state index contributed by atoms with van der Waals surface area (Å²) in [6.07, 6.45) is 0. The summed E-state index contributed by atoms with van der Waals surface area (Å²) >= 11 is 0. The molecule has 2 amide bonds. The predicted octanol–water partition coefficient (Wildman–Crippen LogP) is 0.545. The van der Waals surface area contributed by atoms with Crippen LogP contribution >= 0.6 is 0 Å². The third-order valence-corrected chi connectivity index (χ3v) is 1.75. The van der Waals surface area contributed by atoms with Crippen LogP contribution < -0.4 is 16.5 Å². The van der Waals surface area contributed by atoms with Crippen LogP contribution in [0, 0.1) is 0 Å². The third-order valence-electron chi connectivity index (χ3n) is 1.75. The van der Waals surface area contributed by atoms with Crippen molar-refractivity contribution in [3.8, 4) is 0 Å². The number of nitrogens with one attached hydrogen (secondary N) is 2. The van der Waals surface area contributed by atoms with Crippen LogP contribution in [0.15, 0.2) is 18.2 Å². The lowest BCUT2D eigenvalue weighted by atomic mass is 10.1. The van der Waals surface area contributed by atoms with Crippen molar-refractivity contribution in [2.24, 2.45) is 5.73 Å². The number of primary amides is 1. The monoisotopic (exact) mass is 209 g/mol. The number of nitrogens with two attached hydrogens (primary N) is 1. The summed E-state index contributed by atoms with van der Waals surface area (Å²) in [6, 6.07) is 4.48. The number of anilines is 2. The molecule has 80 valence electrons. The molecule has 6 heteroatoms. The topological polar surface area (TPSA) is 104 Å². The fourth-order valence-electron chi connectivity index (χ4n) is 1.16. The van der Waals surface area contributed by atoms with E-state index in [0.717, 1.165) is 0 Å². The molecule has 0 aliphatic rings. The van der Waals surface area contributed by atoms with Gasteiger partial charge in [0.2, 0.25) is 5.91 Å². The van der Waals surface area contributed by atoms with Crippen LogP contribution in [0.2, 0.25) is 0 Å². The molecule has 0 radical (unpaired) electrons. The van der Waals surface area contributed by atoms with Gasteiger partial charge in [-0.05, 0) is 12.1 Å².